The number of likely N-dealkylation sites (tertiary alicyclic amines) is 1. The first-order valence-corrected chi connectivity index (χ1v) is 8.09. The first-order valence-electron chi connectivity index (χ1n) is 7.27. The van der Waals surface area contributed by atoms with Gasteiger partial charge in [-0.15, -0.1) is 11.8 Å². The zero-order valence-electron chi connectivity index (χ0n) is 12.8. The SMILES string of the molecule is CC(C)N1CCCC1c1ccc(SC(C)(C)C)nc1. The van der Waals surface area contributed by atoms with E-state index < -0.39 is 0 Å². The topological polar surface area (TPSA) is 16.1 Å². The molecule has 2 nitrogen and oxygen atoms in total. The van der Waals surface area contributed by atoms with E-state index >= 15 is 0 Å². The van der Waals surface area contributed by atoms with Gasteiger partial charge in [-0.1, -0.05) is 26.8 Å². The number of pyridine rings is 1. The van der Waals surface area contributed by atoms with Gasteiger partial charge in [0, 0.05) is 23.0 Å². The van der Waals surface area contributed by atoms with E-state index in [1.165, 1.54) is 24.9 Å². The van der Waals surface area contributed by atoms with Crippen molar-refractivity contribution in [2.24, 2.45) is 0 Å². The normalized spacial score (nSPS) is 21.3. The summed E-state index contributed by atoms with van der Waals surface area (Å²) in [6.45, 7) is 12.5. The van der Waals surface area contributed by atoms with Crippen LogP contribution >= 0.6 is 11.8 Å². The Kier molecular flexibility index (Phi) is 4.57. The third-order valence-electron chi connectivity index (χ3n) is 3.51. The zero-order chi connectivity index (χ0) is 14.0. The van der Waals surface area contributed by atoms with Crippen molar-refractivity contribution in [1.82, 2.24) is 9.88 Å². The Morgan fingerprint density at radius 2 is 2.05 bits per heavy atom. The summed E-state index contributed by atoms with van der Waals surface area (Å²) in [5, 5.41) is 1.13. The molecule has 0 aromatic carbocycles. The molecule has 2 heterocycles. The summed E-state index contributed by atoms with van der Waals surface area (Å²) in [5.41, 5.74) is 1.38. The van der Waals surface area contributed by atoms with Gasteiger partial charge < -0.3 is 0 Å². The zero-order valence-corrected chi connectivity index (χ0v) is 13.6. The molecule has 1 aliphatic heterocycles. The summed E-state index contributed by atoms with van der Waals surface area (Å²) < 4.78 is 0.228. The van der Waals surface area contributed by atoms with Crippen LogP contribution in [0.4, 0.5) is 0 Å². The van der Waals surface area contributed by atoms with Gasteiger partial charge in [-0.25, -0.2) is 4.98 Å². The molecule has 0 saturated carbocycles. The van der Waals surface area contributed by atoms with Crippen molar-refractivity contribution in [3.63, 3.8) is 0 Å². The van der Waals surface area contributed by atoms with Crippen molar-refractivity contribution in [3.05, 3.63) is 23.9 Å². The summed E-state index contributed by atoms with van der Waals surface area (Å²) in [7, 11) is 0. The van der Waals surface area contributed by atoms with Gasteiger partial charge in [0.15, 0.2) is 0 Å². The Morgan fingerprint density at radius 3 is 2.58 bits per heavy atom. The molecule has 1 aromatic heterocycles. The molecule has 1 saturated heterocycles. The number of rotatable bonds is 3. The highest BCUT2D eigenvalue weighted by Crippen LogP contribution is 2.35. The average molecular weight is 278 g/mol. The second-order valence-electron chi connectivity index (χ2n) is 6.63. The van der Waals surface area contributed by atoms with Crippen LogP contribution in [0.1, 0.15) is 59.1 Å². The van der Waals surface area contributed by atoms with Crippen LogP contribution in [0.15, 0.2) is 23.4 Å². The molecular formula is C16H26N2S. The molecule has 3 heteroatoms. The highest BCUT2D eigenvalue weighted by Gasteiger charge is 2.28. The van der Waals surface area contributed by atoms with Gasteiger partial charge in [-0.2, -0.15) is 0 Å². The van der Waals surface area contributed by atoms with Gasteiger partial charge in [0.2, 0.25) is 0 Å². The molecule has 0 radical (unpaired) electrons. The standard InChI is InChI=1S/C16H26N2S/c1-12(2)18-10-6-7-14(18)13-8-9-15(17-11-13)19-16(3,4)5/h8-9,11-12,14H,6-7,10H2,1-5H3. The number of nitrogens with zero attached hydrogens (tertiary/aromatic N) is 2. The molecular weight excluding hydrogens is 252 g/mol. The van der Waals surface area contributed by atoms with Gasteiger partial charge in [-0.05, 0) is 44.9 Å². The lowest BCUT2D eigenvalue weighted by atomic mass is 10.1. The molecule has 1 aromatic rings. The maximum absolute atomic E-state index is 4.64. The molecule has 1 aliphatic rings. The van der Waals surface area contributed by atoms with Gasteiger partial charge >= 0.3 is 0 Å². The van der Waals surface area contributed by atoms with Crippen molar-refractivity contribution >= 4 is 11.8 Å². The van der Waals surface area contributed by atoms with Gasteiger partial charge in [-0.3, -0.25) is 4.90 Å². The minimum absolute atomic E-state index is 0.228. The lowest BCUT2D eigenvalue weighted by molar-refractivity contribution is 0.205. The van der Waals surface area contributed by atoms with Crippen LogP contribution in [0.2, 0.25) is 0 Å². The summed E-state index contributed by atoms with van der Waals surface area (Å²) in [6, 6.07) is 5.64. The van der Waals surface area contributed by atoms with Crippen molar-refractivity contribution in [3.8, 4) is 0 Å². The predicted octanol–water partition coefficient (Wildman–Crippen LogP) is 4.52. The molecule has 1 unspecified atom stereocenters. The van der Waals surface area contributed by atoms with E-state index in [0.29, 0.717) is 12.1 Å². The molecule has 106 valence electrons. The van der Waals surface area contributed by atoms with Crippen LogP contribution < -0.4 is 0 Å². The molecule has 1 atom stereocenters. The number of thioether (sulfide) groups is 1. The maximum Gasteiger partial charge on any atom is 0.0965 e. The summed E-state index contributed by atoms with van der Waals surface area (Å²) >= 11 is 1.83. The van der Waals surface area contributed by atoms with Crippen LogP contribution in [0.25, 0.3) is 0 Å². The number of hydrogen-bond donors (Lipinski definition) is 0. The van der Waals surface area contributed by atoms with E-state index in [1.807, 2.05) is 11.8 Å². The third-order valence-corrected chi connectivity index (χ3v) is 4.58. The van der Waals surface area contributed by atoms with Gasteiger partial charge in [0.25, 0.3) is 0 Å². The Bertz CT molecular complexity index is 406. The lowest BCUT2D eigenvalue weighted by Gasteiger charge is -2.28. The second kappa shape index (κ2) is 5.84. The molecule has 0 amide bonds. The molecule has 0 aliphatic carbocycles. The Labute approximate surface area is 122 Å². The van der Waals surface area contributed by atoms with Crippen molar-refractivity contribution in [1.29, 1.82) is 0 Å². The first-order chi connectivity index (χ1) is 8.87. The lowest BCUT2D eigenvalue weighted by Crippen LogP contribution is -2.30. The number of aromatic nitrogens is 1. The quantitative estimate of drug-likeness (QED) is 0.756. The van der Waals surface area contributed by atoms with Crippen molar-refractivity contribution < 1.29 is 0 Å². The molecule has 2 rings (SSSR count). The fourth-order valence-electron chi connectivity index (χ4n) is 2.73. The summed E-state index contributed by atoms with van der Waals surface area (Å²) in [4.78, 5) is 7.23. The van der Waals surface area contributed by atoms with E-state index in [-0.39, 0.29) is 4.75 Å². The summed E-state index contributed by atoms with van der Waals surface area (Å²) in [6.07, 6.45) is 4.66. The minimum Gasteiger partial charge on any atom is -0.294 e. The monoisotopic (exact) mass is 278 g/mol. The fourth-order valence-corrected chi connectivity index (χ4v) is 3.60. The Morgan fingerprint density at radius 1 is 1.32 bits per heavy atom. The van der Waals surface area contributed by atoms with E-state index in [2.05, 4.69) is 62.8 Å². The van der Waals surface area contributed by atoms with Crippen LogP contribution in [-0.2, 0) is 0 Å². The van der Waals surface area contributed by atoms with E-state index in [0.717, 1.165) is 5.03 Å². The highest BCUT2D eigenvalue weighted by molar-refractivity contribution is 8.00. The second-order valence-corrected chi connectivity index (χ2v) is 8.48. The Hall–Kier alpha value is -0.540. The minimum atomic E-state index is 0.228. The maximum atomic E-state index is 4.64. The molecule has 19 heavy (non-hydrogen) atoms. The average Bonchev–Trinajstić information content (AvgIpc) is 2.76. The van der Waals surface area contributed by atoms with Gasteiger partial charge in [0.05, 0.1) is 5.03 Å². The largest absolute Gasteiger partial charge is 0.294 e. The van der Waals surface area contributed by atoms with E-state index in [9.17, 15) is 0 Å². The fraction of sp³-hybridized carbons (Fsp3) is 0.688. The number of hydrogen-bond acceptors (Lipinski definition) is 3. The smallest absolute Gasteiger partial charge is 0.0965 e. The summed E-state index contributed by atoms with van der Waals surface area (Å²) in [5.74, 6) is 0. The highest BCUT2D eigenvalue weighted by atomic mass is 32.2. The van der Waals surface area contributed by atoms with Crippen LogP contribution in [0, 0.1) is 0 Å². The third kappa shape index (κ3) is 3.96. The van der Waals surface area contributed by atoms with Gasteiger partial charge in [0.1, 0.15) is 0 Å². The Balaban J connectivity index is 2.10. The molecule has 0 bridgehead atoms. The molecule has 0 N–H and O–H groups in total. The van der Waals surface area contributed by atoms with Crippen LogP contribution in [0.3, 0.4) is 0 Å². The van der Waals surface area contributed by atoms with Crippen molar-refractivity contribution in [2.45, 2.75) is 69.3 Å². The molecule has 1 fully saturated rings. The van der Waals surface area contributed by atoms with E-state index in [1.54, 1.807) is 0 Å². The van der Waals surface area contributed by atoms with Crippen LogP contribution in [0.5, 0.6) is 0 Å². The predicted molar refractivity (Wildman–Crippen MR) is 83.7 cm³/mol. The molecule has 0 spiro atoms. The van der Waals surface area contributed by atoms with Crippen molar-refractivity contribution in [2.75, 3.05) is 6.54 Å². The van der Waals surface area contributed by atoms with Crippen LogP contribution in [-0.4, -0.2) is 27.2 Å². The van der Waals surface area contributed by atoms with E-state index in [4.69, 9.17) is 0 Å². The first kappa shape index (κ1) is 14.9.